The Morgan fingerprint density at radius 3 is 3.12 bits per heavy atom. The number of benzene rings is 1. The Hall–Kier alpha value is -2.11. The highest BCUT2D eigenvalue weighted by Crippen LogP contribution is 2.62. The summed E-state index contributed by atoms with van der Waals surface area (Å²) in [6.07, 6.45) is 6.89. The molecule has 0 radical (unpaired) electrons. The molecule has 5 heteroatoms. The van der Waals surface area contributed by atoms with E-state index in [0.717, 1.165) is 31.5 Å². The fraction of sp³-hybridized carbons (Fsp3) is 0.476. The van der Waals surface area contributed by atoms with E-state index in [1.165, 1.54) is 12.5 Å². The molecule has 0 amide bonds. The first-order chi connectivity index (χ1) is 12.6. The number of carbonyl (C=O) groups is 1. The highest BCUT2D eigenvalue weighted by Gasteiger charge is 2.64. The van der Waals surface area contributed by atoms with E-state index in [-0.39, 0.29) is 23.4 Å². The second kappa shape index (κ2) is 5.44. The van der Waals surface area contributed by atoms with Crippen LogP contribution in [0.4, 0.5) is 0 Å². The van der Waals surface area contributed by atoms with Gasteiger partial charge in [0.1, 0.15) is 12.2 Å². The quantitative estimate of drug-likeness (QED) is 0.512. The van der Waals surface area contributed by atoms with Gasteiger partial charge in [-0.1, -0.05) is 24.3 Å². The van der Waals surface area contributed by atoms with Gasteiger partial charge in [0.25, 0.3) is 0 Å². The first-order valence-corrected chi connectivity index (χ1v) is 9.29. The maximum Gasteiger partial charge on any atom is 0.308 e. The van der Waals surface area contributed by atoms with Crippen molar-refractivity contribution in [2.24, 2.45) is 5.92 Å². The molecule has 1 N–H and O–H groups in total. The lowest BCUT2D eigenvalue weighted by Gasteiger charge is -2.57. The SMILES string of the molecule is C=CCN1CCC23c4c5ccc(OC(C)=O)c4OC2C(O)C=CC3C1C5. The van der Waals surface area contributed by atoms with E-state index in [9.17, 15) is 9.90 Å². The van der Waals surface area contributed by atoms with Crippen LogP contribution in [-0.2, 0) is 16.6 Å². The van der Waals surface area contributed by atoms with E-state index in [0.29, 0.717) is 17.5 Å². The summed E-state index contributed by atoms with van der Waals surface area (Å²) in [5, 5.41) is 10.7. The van der Waals surface area contributed by atoms with Gasteiger partial charge < -0.3 is 14.6 Å². The number of likely N-dealkylation sites (tertiary alicyclic amines) is 1. The zero-order valence-electron chi connectivity index (χ0n) is 14.9. The van der Waals surface area contributed by atoms with E-state index in [1.54, 1.807) is 0 Å². The molecule has 2 aliphatic carbocycles. The van der Waals surface area contributed by atoms with Gasteiger partial charge in [0.15, 0.2) is 11.5 Å². The molecule has 5 nitrogen and oxygen atoms in total. The minimum Gasteiger partial charge on any atom is -0.482 e. The summed E-state index contributed by atoms with van der Waals surface area (Å²) in [5.41, 5.74) is 2.16. The van der Waals surface area contributed by atoms with Crippen LogP contribution in [-0.4, -0.2) is 47.3 Å². The van der Waals surface area contributed by atoms with Crippen molar-refractivity contribution in [2.45, 2.75) is 43.4 Å². The molecule has 2 aliphatic heterocycles. The van der Waals surface area contributed by atoms with Crippen LogP contribution in [0.15, 0.2) is 36.9 Å². The number of carbonyl (C=O) groups excluding carboxylic acids is 1. The van der Waals surface area contributed by atoms with Crippen LogP contribution in [0.5, 0.6) is 11.5 Å². The first-order valence-electron chi connectivity index (χ1n) is 9.29. The number of esters is 1. The molecule has 0 saturated carbocycles. The molecule has 5 rings (SSSR count). The summed E-state index contributed by atoms with van der Waals surface area (Å²) >= 11 is 0. The van der Waals surface area contributed by atoms with E-state index in [4.69, 9.17) is 9.47 Å². The summed E-state index contributed by atoms with van der Waals surface area (Å²) in [4.78, 5) is 14.0. The van der Waals surface area contributed by atoms with Crippen LogP contribution in [0.2, 0.25) is 0 Å². The van der Waals surface area contributed by atoms with Crippen molar-refractivity contribution < 1.29 is 19.4 Å². The molecule has 0 aromatic heterocycles. The summed E-state index contributed by atoms with van der Waals surface area (Å²) in [5.74, 6) is 1.05. The Balaban J connectivity index is 1.71. The van der Waals surface area contributed by atoms with Crippen molar-refractivity contribution in [1.82, 2.24) is 4.90 Å². The normalized spacial score (nSPS) is 36.2. The average molecular weight is 353 g/mol. The Morgan fingerprint density at radius 1 is 1.50 bits per heavy atom. The molecule has 1 aromatic rings. The van der Waals surface area contributed by atoms with Crippen molar-refractivity contribution in [2.75, 3.05) is 13.1 Å². The molecule has 4 aliphatic rings. The summed E-state index contributed by atoms with van der Waals surface area (Å²) in [7, 11) is 0. The van der Waals surface area contributed by atoms with Gasteiger partial charge in [0.05, 0.1) is 0 Å². The topological polar surface area (TPSA) is 59.0 Å². The van der Waals surface area contributed by atoms with Crippen molar-refractivity contribution in [3.8, 4) is 11.5 Å². The first kappa shape index (κ1) is 16.1. The number of piperidine rings is 1. The zero-order valence-corrected chi connectivity index (χ0v) is 14.9. The lowest BCUT2D eigenvalue weighted by atomic mass is 9.53. The third-order valence-corrected chi connectivity index (χ3v) is 6.59. The number of hydrogen-bond donors (Lipinski definition) is 1. The van der Waals surface area contributed by atoms with Crippen molar-refractivity contribution in [3.63, 3.8) is 0 Å². The number of ether oxygens (including phenoxy) is 2. The number of rotatable bonds is 3. The van der Waals surface area contributed by atoms with Gasteiger partial charge in [-0.3, -0.25) is 9.69 Å². The maximum absolute atomic E-state index is 11.5. The number of nitrogens with zero attached hydrogens (tertiary/aromatic N) is 1. The summed E-state index contributed by atoms with van der Waals surface area (Å²) in [6, 6.07) is 4.27. The standard InChI is InChI=1S/C21H23NO4/c1-3-9-22-10-8-21-14-5-6-16(24)20(21)26-19-17(25-12(2)23)7-4-13(18(19)21)11-15(14)22/h3-7,14-16,20,24H,1,8-11H2,2H3. The number of hydrogen-bond acceptors (Lipinski definition) is 5. The fourth-order valence-electron chi connectivity index (χ4n) is 5.75. The third kappa shape index (κ3) is 1.90. The molecular weight excluding hydrogens is 330 g/mol. The molecule has 5 atom stereocenters. The molecule has 1 spiro atoms. The molecule has 136 valence electrons. The number of aliphatic hydroxyl groups excluding tert-OH is 1. The van der Waals surface area contributed by atoms with Crippen LogP contribution in [0.3, 0.4) is 0 Å². The van der Waals surface area contributed by atoms with Gasteiger partial charge in [-0.15, -0.1) is 6.58 Å². The van der Waals surface area contributed by atoms with E-state index < -0.39 is 6.10 Å². The molecule has 1 aromatic carbocycles. The molecule has 2 heterocycles. The molecule has 5 unspecified atom stereocenters. The molecular formula is C21H23NO4. The predicted molar refractivity (Wildman–Crippen MR) is 96.4 cm³/mol. The molecule has 2 bridgehead atoms. The Bertz CT molecular complexity index is 832. The minimum absolute atomic E-state index is 0.240. The summed E-state index contributed by atoms with van der Waals surface area (Å²) in [6.45, 7) is 7.13. The van der Waals surface area contributed by atoms with Gasteiger partial charge in [-0.05, 0) is 31.0 Å². The van der Waals surface area contributed by atoms with Gasteiger partial charge in [-0.25, -0.2) is 0 Å². The largest absolute Gasteiger partial charge is 0.482 e. The van der Waals surface area contributed by atoms with E-state index in [2.05, 4.69) is 23.6 Å². The number of aliphatic hydroxyl groups is 1. The van der Waals surface area contributed by atoms with Gasteiger partial charge in [0, 0.05) is 36.4 Å². The van der Waals surface area contributed by atoms with Gasteiger partial charge in [0.2, 0.25) is 0 Å². The highest BCUT2D eigenvalue weighted by atomic mass is 16.6. The van der Waals surface area contributed by atoms with Crippen LogP contribution >= 0.6 is 0 Å². The maximum atomic E-state index is 11.5. The second-order valence-corrected chi connectivity index (χ2v) is 7.81. The van der Waals surface area contributed by atoms with Crippen molar-refractivity contribution in [1.29, 1.82) is 0 Å². The Labute approximate surface area is 152 Å². The monoisotopic (exact) mass is 353 g/mol. The van der Waals surface area contributed by atoms with Crippen LogP contribution in [0.1, 0.15) is 24.5 Å². The van der Waals surface area contributed by atoms with Gasteiger partial charge in [-0.2, -0.15) is 0 Å². The van der Waals surface area contributed by atoms with E-state index in [1.807, 2.05) is 18.2 Å². The smallest absolute Gasteiger partial charge is 0.308 e. The minimum atomic E-state index is -0.651. The zero-order chi connectivity index (χ0) is 18.1. The van der Waals surface area contributed by atoms with Crippen LogP contribution in [0.25, 0.3) is 0 Å². The molecule has 26 heavy (non-hydrogen) atoms. The average Bonchev–Trinajstić information content (AvgIpc) is 2.95. The van der Waals surface area contributed by atoms with Crippen LogP contribution < -0.4 is 9.47 Å². The van der Waals surface area contributed by atoms with Crippen molar-refractivity contribution >= 4 is 5.97 Å². The van der Waals surface area contributed by atoms with E-state index >= 15 is 0 Å². The third-order valence-electron chi connectivity index (χ3n) is 6.59. The fourth-order valence-corrected chi connectivity index (χ4v) is 5.75. The van der Waals surface area contributed by atoms with Crippen molar-refractivity contribution in [3.05, 3.63) is 48.1 Å². The highest BCUT2D eigenvalue weighted by molar-refractivity contribution is 5.72. The molecule has 1 saturated heterocycles. The molecule has 1 fully saturated rings. The lowest BCUT2D eigenvalue weighted by molar-refractivity contribution is -0.132. The Morgan fingerprint density at radius 2 is 2.35 bits per heavy atom. The predicted octanol–water partition coefficient (Wildman–Crippen LogP) is 1.97. The van der Waals surface area contributed by atoms with Gasteiger partial charge >= 0.3 is 5.97 Å². The second-order valence-electron chi connectivity index (χ2n) is 7.81. The Kier molecular flexibility index (Phi) is 3.37. The summed E-state index contributed by atoms with van der Waals surface area (Å²) < 4.78 is 11.7. The lowest BCUT2D eigenvalue weighted by Crippen LogP contribution is -2.65. The van der Waals surface area contributed by atoms with Crippen LogP contribution in [0, 0.1) is 5.92 Å².